The minimum absolute atomic E-state index is 0.169. The van der Waals surface area contributed by atoms with Crippen LogP contribution in [0.25, 0.3) is 0 Å². The molecule has 1 heteroatoms. The Bertz CT molecular complexity index is 625. The van der Waals surface area contributed by atoms with Crippen molar-refractivity contribution in [1.82, 2.24) is 0 Å². The number of nitrogens with two attached hydrogens (primary N) is 1. The number of hydrogen-bond acceptors (Lipinski definition) is 1. The summed E-state index contributed by atoms with van der Waals surface area (Å²) < 4.78 is 0. The second-order valence-electron chi connectivity index (χ2n) is 9.84. The van der Waals surface area contributed by atoms with Gasteiger partial charge in [0.15, 0.2) is 0 Å². The van der Waals surface area contributed by atoms with E-state index in [2.05, 4.69) is 81.4 Å². The molecular weight excluding hydrogens is 362 g/mol. The number of hydrogen-bond donors (Lipinski definition) is 1. The number of aryl methyl sites for hydroxylation is 2. The number of rotatable bonds is 15. The highest BCUT2D eigenvalue weighted by molar-refractivity contribution is 5.17. The third-order valence-electron chi connectivity index (χ3n) is 7.10. The van der Waals surface area contributed by atoms with E-state index in [1.807, 2.05) is 0 Å². The normalized spacial score (nSPS) is 12.3. The molecule has 30 heavy (non-hydrogen) atoms. The predicted molar refractivity (Wildman–Crippen MR) is 133 cm³/mol. The Morgan fingerprint density at radius 3 is 1.47 bits per heavy atom. The zero-order chi connectivity index (χ0) is 21.7. The van der Waals surface area contributed by atoms with Gasteiger partial charge in [0.25, 0.3) is 0 Å². The zero-order valence-electron chi connectivity index (χ0n) is 19.8. The van der Waals surface area contributed by atoms with Gasteiger partial charge in [-0.2, -0.15) is 0 Å². The molecule has 0 aliphatic rings. The molecule has 0 atom stereocenters. The Morgan fingerprint density at radius 2 is 1.03 bits per heavy atom. The van der Waals surface area contributed by atoms with Crippen LogP contribution in [-0.2, 0) is 12.8 Å². The predicted octanol–water partition coefficient (Wildman–Crippen LogP) is 8.12. The Hall–Kier alpha value is -1.60. The molecule has 2 aromatic carbocycles. The summed E-state index contributed by atoms with van der Waals surface area (Å²) in [5.74, 6) is 0. The molecule has 0 amide bonds. The van der Waals surface area contributed by atoms with Gasteiger partial charge in [0.2, 0.25) is 0 Å². The summed E-state index contributed by atoms with van der Waals surface area (Å²) in [5, 5.41) is 0. The van der Waals surface area contributed by atoms with Gasteiger partial charge in [-0.15, -0.1) is 0 Å². The first-order valence-electron chi connectivity index (χ1n) is 12.3. The molecule has 0 unspecified atom stereocenters. The van der Waals surface area contributed by atoms with Crippen LogP contribution < -0.4 is 5.73 Å². The molecule has 0 saturated heterocycles. The molecule has 0 radical (unpaired) electrons. The summed E-state index contributed by atoms with van der Waals surface area (Å²) in [6.45, 7) is 6.83. The van der Waals surface area contributed by atoms with E-state index in [1.54, 1.807) is 0 Å². The average molecular weight is 408 g/mol. The van der Waals surface area contributed by atoms with E-state index in [4.69, 9.17) is 5.73 Å². The smallest absolute Gasteiger partial charge is 0.0154 e. The molecule has 2 rings (SSSR count). The van der Waals surface area contributed by atoms with Crippen LogP contribution in [0.1, 0.15) is 96.1 Å². The summed E-state index contributed by atoms with van der Waals surface area (Å²) >= 11 is 0. The summed E-state index contributed by atoms with van der Waals surface area (Å²) in [7, 11) is 0. The average Bonchev–Trinajstić information content (AvgIpc) is 2.75. The summed E-state index contributed by atoms with van der Waals surface area (Å²) in [5.41, 5.74) is 9.78. The van der Waals surface area contributed by atoms with Gasteiger partial charge in [-0.3, -0.25) is 0 Å². The van der Waals surface area contributed by atoms with Crippen molar-refractivity contribution in [3.63, 3.8) is 0 Å². The van der Waals surface area contributed by atoms with Crippen LogP contribution in [0.2, 0.25) is 0 Å². The summed E-state index contributed by atoms with van der Waals surface area (Å²) in [4.78, 5) is 0. The molecule has 0 aliphatic heterocycles. The van der Waals surface area contributed by atoms with Gasteiger partial charge in [-0.05, 0) is 62.5 Å². The Balaban J connectivity index is 2.05. The Kier molecular flexibility index (Phi) is 10.6. The SMILES string of the molecule is CCCCCCCCCC(CCc1ccccc1)(CCc1ccccc1)C(C)(C)N. The molecule has 0 fully saturated rings. The first kappa shape index (κ1) is 24.7. The third kappa shape index (κ3) is 8.26. The maximum absolute atomic E-state index is 6.92. The molecule has 2 aromatic rings. The maximum atomic E-state index is 6.92. The molecule has 2 N–H and O–H groups in total. The lowest BCUT2D eigenvalue weighted by molar-refractivity contribution is 0.103. The van der Waals surface area contributed by atoms with Crippen LogP contribution in [0, 0.1) is 5.41 Å². The number of unbranched alkanes of at least 4 members (excludes halogenated alkanes) is 6. The van der Waals surface area contributed by atoms with Gasteiger partial charge in [0.1, 0.15) is 0 Å². The molecule has 0 saturated carbocycles. The molecule has 1 nitrogen and oxygen atoms in total. The molecule has 0 heterocycles. The topological polar surface area (TPSA) is 26.0 Å². The third-order valence-corrected chi connectivity index (χ3v) is 7.10. The lowest BCUT2D eigenvalue weighted by Crippen LogP contribution is -2.51. The standard InChI is InChI=1S/C29H45N/c1-4-5-6-7-8-9-16-23-29(28(2,3)30,24-21-26-17-12-10-13-18-26)25-22-27-19-14-11-15-20-27/h10-15,17-20H,4-9,16,21-25,30H2,1-3H3. The van der Waals surface area contributed by atoms with Gasteiger partial charge in [0, 0.05) is 5.54 Å². The highest BCUT2D eigenvalue weighted by atomic mass is 14.8. The summed E-state index contributed by atoms with van der Waals surface area (Å²) in [6.07, 6.45) is 15.3. The molecular formula is C29H45N. The number of benzene rings is 2. The van der Waals surface area contributed by atoms with E-state index in [1.165, 1.54) is 75.3 Å². The van der Waals surface area contributed by atoms with Gasteiger partial charge >= 0.3 is 0 Å². The molecule has 0 aromatic heterocycles. The highest BCUT2D eigenvalue weighted by Crippen LogP contribution is 2.44. The van der Waals surface area contributed by atoms with Crippen molar-refractivity contribution in [2.45, 2.75) is 103 Å². The van der Waals surface area contributed by atoms with Crippen molar-refractivity contribution in [3.8, 4) is 0 Å². The van der Waals surface area contributed by atoms with Gasteiger partial charge in [-0.1, -0.05) is 113 Å². The van der Waals surface area contributed by atoms with Crippen molar-refractivity contribution in [2.75, 3.05) is 0 Å². The van der Waals surface area contributed by atoms with Crippen LogP contribution in [-0.4, -0.2) is 5.54 Å². The van der Waals surface area contributed by atoms with Crippen molar-refractivity contribution in [1.29, 1.82) is 0 Å². The van der Waals surface area contributed by atoms with E-state index >= 15 is 0 Å². The van der Waals surface area contributed by atoms with E-state index in [0.29, 0.717) is 0 Å². The fraction of sp³-hybridized carbons (Fsp3) is 0.586. The van der Waals surface area contributed by atoms with Crippen molar-refractivity contribution < 1.29 is 0 Å². The second-order valence-corrected chi connectivity index (χ2v) is 9.84. The minimum Gasteiger partial charge on any atom is -0.325 e. The Labute approximate surface area is 186 Å². The Morgan fingerprint density at radius 1 is 0.600 bits per heavy atom. The van der Waals surface area contributed by atoms with Gasteiger partial charge in [-0.25, -0.2) is 0 Å². The molecule has 166 valence electrons. The van der Waals surface area contributed by atoms with Crippen LogP contribution in [0.3, 0.4) is 0 Å². The fourth-order valence-corrected chi connectivity index (χ4v) is 4.82. The van der Waals surface area contributed by atoms with E-state index in [-0.39, 0.29) is 11.0 Å². The largest absolute Gasteiger partial charge is 0.325 e. The van der Waals surface area contributed by atoms with Crippen LogP contribution in [0.5, 0.6) is 0 Å². The summed E-state index contributed by atoms with van der Waals surface area (Å²) in [6, 6.07) is 21.9. The first-order valence-corrected chi connectivity index (χ1v) is 12.3. The maximum Gasteiger partial charge on any atom is 0.0154 e. The van der Waals surface area contributed by atoms with Gasteiger partial charge < -0.3 is 5.73 Å². The lowest BCUT2D eigenvalue weighted by atomic mass is 9.62. The fourth-order valence-electron chi connectivity index (χ4n) is 4.82. The molecule has 0 bridgehead atoms. The quantitative estimate of drug-likeness (QED) is 0.296. The van der Waals surface area contributed by atoms with Crippen LogP contribution >= 0.6 is 0 Å². The van der Waals surface area contributed by atoms with Crippen LogP contribution in [0.15, 0.2) is 60.7 Å². The van der Waals surface area contributed by atoms with Crippen molar-refractivity contribution in [3.05, 3.63) is 71.8 Å². The monoisotopic (exact) mass is 407 g/mol. The molecule has 0 spiro atoms. The van der Waals surface area contributed by atoms with Crippen molar-refractivity contribution >= 4 is 0 Å². The van der Waals surface area contributed by atoms with E-state index in [9.17, 15) is 0 Å². The minimum atomic E-state index is -0.182. The van der Waals surface area contributed by atoms with Crippen LogP contribution in [0.4, 0.5) is 0 Å². The van der Waals surface area contributed by atoms with E-state index < -0.39 is 0 Å². The second kappa shape index (κ2) is 13.0. The van der Waals surface area contributed by atoms with Crippen molar-refractivity contribution in [2.24, 2.45) is 11.1 Å². The highest BCUT2D eigenvalue weighted by Gasteiger charge is 2.41. The first-order chi connectivity index (χ1) is 14.5. The molecule has 0 aliphatic carbocycles. The van der Waals surface area contributed by atoms with Gasteiger partial charge in [0.05, 0.1) is 0 Å². The van der Waals surface area contributed by atoms with E-state index in [0.717, 1.165) is 12.8 Å². The lowest BCUT2D eigenvalue weighted by Gasteiger charge is -2.46. The zero-order valence-corrected chi connectivity index (χ0v) is 19.8.